The molecule has 0 spiro atoms. The van der Waals surface area contributed by atoms with Gasteiger partial charge in [-0.15, -0.1) is 0 Å². The van der Waals surface area contributed by atoms with Crippen molar-refractivity contribution in [3.05, 3.63) is 35.9 Å². The number of morpholine rings is 1. The molecule has 0 N–H and O–H groups in total. The molecule has 0 radical (unpaired) electrons. The van der Waals surface area contributed by atoms with E-state index in [9.17, 15) is 9.59 Å². The number of benzene rings is 1. The summed E-state index contributed by atoms with van der Waals surface area (Å²) in [7, 11) is 14.6. The minimum Gasteiger partial charge on any atom is -1.00 e. The van der Waals surface area contributed by atoms with E-state index in [4.69, 9.17) is 9.47 Å². The van der Waals surface area contributed by atoms with Crippen LogP contribution in [0.1, 0.15) is 233 Å². The molecule has 1 unspecified atom stereocenters. The minimum atomic E-state index is -0.276. The number of Topliss-reactive ketones (excluding diaryl/α,β-unsaturated/α-hetero) is 1. The maximum absolute atomic E-state index is 11.7. The van der Waals surface area contributed by atoms with E-state index in [0.29, 0.717) is 28.5 Å². The van der Waals surface area contributed by atoms with Crippen molar-refractivity contribution in [3.63, 3.8) is 0 Å². The number of ether oxygens (including phenoxy) is 2. The second-order valence-corrected chi connectivity index (χ2v) is 43.4. The highest BCUT2D eigenvalue weighted by Crippen LogP contribution is 2.28. The normalized spacial score (nSPS) is 16.4. The van der Waals surface area contributed by atoms with Crippen LogP contribution in [0.15, 0.2) is 30.3 Å². The first-order valence-corrected chi connectivity index (χ1v) is 39.3. The van der Waals surface area contributed by atoms with Crippen LogP contribution in [0.25, 0.3) is 0 Å². The lowest BCUT2D eigenvalue weighted by Crippen LogP contribution is -3.00. The van der Waals surface area contributed by atoms with Crippen molar-refractivity contribution in [2.75, 3.05) is 195 Å². The molecule has 4 fully saturated rings. The van der Waals surface area contributed by atoms with E-state index in [-0.39, 0.29) is 87.6 Å². The van der Waals surface area contributed by atoms with Gasteiger partial charge in [-0.1, -0.05) is 228 Å². The van der Waals surface area contributed by atoms with Gasteiger partial charge < -0.3 is 41.1 Å². The van der Waals surface area contributed by atoms with E-state index in [0.717, 1.165) is 68.0 Å². The molecule has 0 aromatic heterocycles. The number of rotatable bonds is 20. The number of thioether (sulfide) groups is 6. The van der Waals surface area contributed by atoms with E-state index < -0.39 is 0 Å². The van der Waals surface area contributed by atoms with Crippen LogP contribution in [-0.2, 0) is 14.3 Å². The van der Waals surface area contributed by atoms with Crippen molar-refractivity contribution in [1.29, 1.82) is 0 Å². The number of methoxy groups -OCH3 is 1. The highest BCUT2D eigenvalue weighted by molar-refractivity contribution is 8.01. The zero-order chi connectivity index (χ0) is 68.1. The lowest BCUT2D eigenvalue weighted by Gasteiger charge is -2.32. The molecule has 11 nitrogen and oxygen atoms in total. The Morgan fingerprint density at radius 3 is 1.18 bits per heavy atom. The van der Waals surface area contributed by atoms with E-state index in [1.54, 1.807) is 0 Å². The van der Waals surface area contributed by atoms with Crippen LogP contribution >= 0.6 is 70.6 Å². The van der Waals surface area contributed by atoms with Crippen molar-refractivity contribution in [3.8, 4) is 0 Å². The quantitative estimate of drug-likeness (QED) is 0.0706. The summed E-state index contributed by atoms with van der Waals surface area (Å²) < 4.78 is 13.6. The van der Waals surface area contributed by atoms with Gasteiger partial charge in [-0.25, -0.2) is 0 Å². The number of esters is 1. The molecule has 0 aliphatic carbocycles. The molecule has 1 atom stereocenters. The number of carbonyl (C=O) groups excluding carboxylic acids is 2. The molecule has 1 aromatic carbocycles. The fraction of sp³-hybridized carbons (Fsp3) is 0.897. The van der Waals surface area contributed by atoms with Gasteiger partial charge in [0.1, 0.15) is 6.04 Å². The molecular formula is C78H172ClN7O4S6. The zero-order valence-electron chi connectivity index (χ0n) is 63.1. The first-order chi connectivity index (χ1) is 40.2. The molecule has 4 aliphatic heterocycles. The Morgan fingerprint density at radius 1 is 0.490 bits per heavy atom. The number of carbonyl (C=O) groups is 2. The highest BCUT2D eigenvalue weighted by atomic mass is 35.5. The van der Waals surface area contributed by atoms with Crippen LogP contribution in [0.3, 0.4) is 0 Å². The van der Waals surface area contributed by atoms with Crippen molar-refractivity contribution < 1.29 is 36.0 Å². The fourth-order valence-electron chi connectivity index (χ4n) is 8.49. The molecular weight excluding hydrogens is 1330 g/mol. The Labute approximate surface area is 637 Å². The molecule has 586 valence electrons. The SMILES string of the molecule is C.C.C.C.C.C.C.CC(C)(C)C(=O)c1ccccc1.CC(C)(C)SCCN1CCCC1.CC(C)(C)SCCN1CCOCC1.CC(C)(C)SCC[N+](C)(C)C.CN(C)CCSC(C)(C)C.CN1CCN(CCSC(C)(C)C)CC1.COC(=O)C1CCCN1CCSC(C)(C)C.[Cl-]. The van der Waals surface area contributed by atoms with Gasteiger partial charge >= 0.3 is 5.97 Å². The third-order valence-electron chi connectivity index (χ3n) is 13.6. The van der Waals surface area contributed by atoms with Gasteiger partial charge in [0.2, 0.25) is 0 Å². The standard InChI is InChI=1S/C12H23NO2S.C11H24N2S.C11H14O.C10H21NOS.C10H21NS.C9H22NS.C8H19NS.7CH4.ClH/c1-12(2,3)16-9-8-13-7-5-6-10(13)11(14)15-4;1-11(2,3)14-10-9-13-7-5-12(4)6-8-13;1-11(2,3)10(12)9-7-5-4-6-8-9;1-10(2,3)13-9-6-11-4-7-12-8-5-11;1-10(2,3)12-9-8-11-6-4-5-7-11;1-9(2,3)11-8-7-10(4,5)6;1-8(2,3)10-7-6-9(4)5;;;;;;;;/h10H,5-9H2,1-4H3;5-10H2,1-4H3;4-8H,1-3H3;4-9H2,1-3H3;4-9H2,1-3H3;7-8H2,1-6H3;6-7H2,1-5H3;7*1H4;1H/q;;;;;+1;;;;;;;;;/p-1. The maximum Gasteiger partial charge on any atom is 0.323 e. The van der Waals surface area contributed by atoms with E-state index in [1.807, 2.05) is 98.2 Å². The molecule has 0 saturated carbocycles. The summed E-state index contributed by atoms with van der Waals surface area (Å²) in [5.74, 6) is 7.50. The molecule has 4 saturated heterocycles. The summed E-state index contributed by atoms with van der Waals surface area (Å²) in [4.78, 5) is 37.7. The number of halogens is 1. The summed E-state index contributed by atoms with van der Waals surface area (Å²) in [6, 6.07) is 9.41. The largest absolute Gasteiger partial charge is 1.00 e. The Hall–Kier alpha value is 0.430. The second-order valence-electron chi connectivity index (χ2n) is 31.9. The van der Waals surface area contributed by atoms with E-state index in [2.05, 4.69) is 220 Å². The van der Waals surface area contributed by atoms with E-state index >= 15 is 0 Å². The first-order valence-electron chi connectivity index (χ1n) is 33.3. The smallest absolute Gasteiger partial charge is 0.323 e. The van der Waals surface area contributed by atoms with Gasteiger partial charge in [-0.2, -0.15) is 70.6 Å². The summed E-state index contributed by atoms with van der Waals surface area (Å²) in [6.45, 7) is 66.6. The van der Waals surface area contributed by atoms with Gasteiger partial charge in [0.05, 0.1) is 48.0 Å². The molecule has 96 heavy (non-hydrogen) atoms. The number of ketones is 1. The number of piperazine rings is 1. The van der Waals surface area contributed by atoms with Gasteiger partial charge in [0.15, 0.2) is 5.78 Å². The van der Waals surface area contributed by atoms with Gasteiger partial charge in [-0.3, -0.25) is 24.3 Å². The third kappa shape index (κ3) is 78.6. The average Bonchev–Trinajstić information content (AvgIpc) is 1.40. The van der Waals surface area contributed by atoms with Gasteiger partial charge in [0.25, 0.3) is 0 Å². The van der Waals surface area contributed by atoms with Crippen molar-refractivity contribution in [2.45, 2.75) is 258 Å². The van der Waals surface area contributed by atoms with Crippen LogP contribution in [0.2, 0.25) is 0 Å². The first kappa shape index (κ1) is 118. The number of likely N-dealkylation sites (tertiary alicyclic amines) is 2. The maximum atomic E-state index is 11.7. The molecule has 4 heterocycles. The molecule has 0 bridgehead atoms. The number of quaternary nitrogens is 1. The number of hydrogen-bond acceptors (Lipinski definition) is 16. The summed E-state index contributed by atoms with van der Waals surface area (Å²) in [5.41, 5.74) is 0.520. The third-order valence-corrected chi connectivity index (χ3v) is 21.1. The van der Waals surface area contributed by atoms with E-state index in [1.165, 1.54) is 121 Å². The summed E-state index contributed by atoms with van der Waals surface area (Å²) >= 11 is 12.2. The summed E-state index contributed by atoms with van der Waals surface area (Å²) in [6.07, 6.45) is 4.90. The minimum absolute atomic E-state index is 0. The second kappa shape index (κ2) is 60.7. The van der Waals surface area contributed by atoms with Crippen LogP contribution in [0.5, 0.6) is 0 Å². The number of likely N-dealkylation sites (N-methyl/N-ethyl adjacent to an activating group) is 1. The van der Waals surface area contributed by atoms with Gasteiger partial charge in [-0.05, 0) is 66.5 Å². The number of hydrogen-bond donors (Lipinski definition) is 0. The van der Waals surface area contributed by atoms with Crippen LogP contribution in [0, 0.1) is 5.41 Å². The van der Waals surface area contributed by atoms with Crippen LogP contribution in [0.4, 0.5) is 0 Å². The monoisotopic (exact) mass is 1500 g/mol. The molecule has 1 aromatic rings. The Kier molecular flexibility index (Phi) is 74.3. The van der Waals surface area contributed by atoms with Crippen molar-refractivity contribution in [1.82, 2.24) is 29.4 Å². The highest BCUT2D eigenvalue weighted by Gasteiger charge is 2.31. The molecule has 18 heteroatoms. The lowest BCUT2D eigenvalue weighted by molar-refractivity contribution is -0.867. The Bertz CT molecular complexity index is 1860. The fourth-order valence-corrected chi connectivity index (χ4v) is 14.6. The lowest BCUT2D eigenvalue weighted by atomic mass is 9.87. The number of nitrogens with zero attached hydrogens (tertiary/aromatic N) is 7. The zero-order valence-corrected chi connectivity index (χ0v) is 68.8. The summed E-state index contributed by atoms with van der Waals surface area (Å²) in [5, 5.41) is 0. The molecule has 4 aliphatic rings. The molecule has 0 amide bonds. The Morgan fingerprint density at radius 2 is 0.833 bits per heavy atom. The van der Waals surface area contributed by atoms with Gasteiger partial charge in [0, 0.05) is 146 Å². The van der Waals surface area contributed by atoms with Crippen LogP contribution < -0.4 is 12.4 Å². The topological polar surface area (TPSA) is 72.0 Å². The van der Waals surface area contributed by atoms with Crippen molar-refractivity contribution in [2.24, 2.45) is 5.41 Å². The Balaban J connectivity index is -0.000000111. The van der Waals surface area contributed by atoms with Crippen molar-refractivity contribution >= 4 is 82.3 Å². The predicted molar refractivity (Wildman–Crippen MR) is 456 cm³/mol. The predicted octanol–water partition coefficient (Wildman–Crippen LogP) is 17.1. The average molecular weight is 1500 g/mol. The van der Waals surface area contributed by atoms with Crippen LogP contribution in [-0.4, -0.2) is 275 Å². The molecule has 5 rings (SSSR count).